The van der Waals surface area contributed by atoms with Gasteiger partial charge in [0.15, 0.2) is 5.83 Å². The molecular formula is C6H5FN2. The molecule has 0 aromatic rings. The first kappa shape index (κ1) is 7.57. The zero-order valence-corrected chi connectivity index (χ0v) is 4.76. The van der Waals surface area contributed by atoms with E-state index in [1.54, 1.807) is 0 Å². The first-order valence-electron chi connectivity index (χ1n) is 2.13. The number of allylic oxidation sites excluding steroid dienone is 2. The number of aliphatic imine (C=N–C) groups is 1. The average Bonchev–Trinajstić information content (AvgIpc) is 1.87. The lowest BCUT2D eigenvalue weighted by Gasteiger charge is -1.84. The van der Waals surface area contributed by atoms with E-state index < -0.39 is 5.83 Å². The molecule has 3 heteroatoms. The van der Waals surface area contributed by atoms with Gasteiger partial charge in [0.05, 0.1) is 11.8 Å². The fourth-order valence-corrected chi connectivity index (χ4v) is 0.211. The molecule has 0 aliphatic carbocycles. The van der Waals surface area contributed by atoms with E-state index >= 15 is 0 Å². The monoisotopic (exact) mass is 124 g/mol. The highest BCUT2D eigenvalue weighted by atomic mass is 19.1. The lowest BCUT2D eigenvalue weighted by molar-refractivity contribution is 0.656. The minimum atomic E-state index is -0.743. The molecule has 0 spiro atoms. The molecule has 0 amide bonds. The summed E-state index contributed by atoms with van der Waals surface area (Å²) in [5.74, 6) is -0.743. The molecule has 0 saturated carbocycles. The number of nitriles is 1. The molecule has 0 heterocycles. The van der Waals surface area contributed by atoms with Crippen molar-refractivity contribution in [2.75, 3.05) is 0 Å². The van der Waals surface area contributed by atoms with Gasteiger partial charge in [-0.05, 0) is 6.72 Å². The van der Waals surface area contributed by atoms with E-state index in [9.17, 15) is 4.39 Å². The Morgan fingerprint density at radius 2 is 2.33 bits per heavy atom. The van der Waals surface area contributed by atoms with E-state index in [1.165, 1.54) is 6.07 Å². The highest BCUT2D eigenvalue weighted by Crippen LogP contribution is 2.06. The van der Waals surface area contributed by atoms with Crippen molar-refractivity contribution in [2.45, 2.75) is 0 Å². The zero-order chi connectivity index (χ0) is 7.28. The van der Waals surface area contributed by atoms with Crippen molar-refractivity contribution >= 4 is 6.72 Å². The number of rotatable bonds is 2. The molecule has 46 valence electrons. The molecule has 0 aromatic carbocycles. The smallest absolute Gasteiger partial charge is 0.158 e. The third kappa shape index (κ3) is 2.39. The van der Waals surface area contributed by atoms with Crippen molar-refractivity contribution in [3.63, 3.8) is 0 Å². The van der Waals surface area contributed by atoms with Crippen LogP contribution in [0.5, 0.6) is 0 Å². The van der Waals surface area contributed by atoms with Crippen molar-refractivity contribution in [1.29, 1.82) is 5.26 Å². The molecule has 0 bridgehead atoms. The van der Waals surface area contributed by atoms with Crippen LogP contribution in [0.3, 0.4) is 0 Å². The highest BCUT2D eigenvalue weighted by Gasteiger charge is 1.96. The van der Waals surface area contributed by atoms with E-state index in [0.717, 1.165) is 6.20 Å². The normalized spacial score (nSPS) is 10.0. The fraction of sp³-hybridized carbons (Fsp3) is 0. The van der Waals surface area contributed by atoms with Crippen LogP contribution in [-0.4, -0.2) is 6.72 Å². The third-order valence-corrected chi connectivity index (χ3v) is 0.628. The summed E-state index contributed by atoms with van der Waals surface area (Å²) in [5.41, 5.74) is -0.234. The van der Waals surface area contributed by atoms with Crippen LogP contribution in [0.4, 0.5) is 4.39 Å². The van der Waals surface area contributed by atoms with Gasteiger partial charge in [-0.2, -0.15) is 5.26 Å². The van der Waals surface area contributed by atoms with E-state index in [4.69, 9.17) is 5.26 Å². The minimum Gasteiger partial charge on any atom is -0.269 e. The van der Waals surface area contributed by atoms with Crippen molar-refractivity contribution in [1.82, 2.24) is 0 Å². The molecule has 0 radical (unpaired) electrons. The minimum absolute atomic E-state index is 0.234. The molecule has 0 rings (SSSR count). The molecule has 0 aliphatic rings. The molecule has 0 unspecified atom stereocenters. The number of hydrogen-bond acceptors (Lipinski definition) is 2. The van der Waals surface area contributed by atoms with Crippen LogP contribution < -0.4 is 0 Å². The van der Waals surface area contributed by atoms with Crippen LogP contribution in [0.2, 0.25) is 0 Å². The summed E-state index contributed by atoms with van der Waals surface area (Å²) in [6.07, 6.45) is 0.839. The lowest BCUT2D eigenvalue weighted by Crippen LogP contribution is -1.73. The second-order valence-electron chi connectivity index (χ2n) is 1.25. The number of halogens is 1. The summed E-state index contributed by atoms with van der Waals surface area (Å²) < 4.78 is 12.2. The average molecular weight is 124 g/mol. The van der Waals surface area contributed by atoms with Gasteiger partial charge in [-0.1, -0.05) is 6.58 Å². The first-order valence-corrected chi connectivity index (χ1v) is 2.13. The van der Waals surface area contributed by atoms with Gasteiger partial charge in [-0.3, -0.25) is 4.99 Å². The topological polar surface area (TPSA) is 36.1 Å². The Labute approximate surface area is 52.6 Å². The molecule has 0 atom stereocenters. The van der Waals surface area contributed by atoms with Crippen molar-refractivity contribution < 1.29 is 4.39 Å². The van der Waals surface area contributed by atoms with Crippen LogP contribution in [0.25, 0.3) is 0 Å². The van der Waals surface area contributed by atoms with Crippen LogP contribution in [0, 0.1) is 11.3 Å². The fourth-order valence-electron chi connectivity index (χ4n) is 0.211. The molecule has 0 aliphatic heterocycles. The Bertz CT molecular complexity index is 198. The van der Waals surface area contributed by atoms with Crippen LogP contribution >= 0.6 is 0 Å². The van der Waals surface area contributed by atoms with Gasteiger partial charge in [0.2, 0.25) is 0 Å². The van der Waals surface area contributed by atoms with E-state index in [2.05, 4.69) is 18.3 Å². The van der Waals surface area contributed by atoms with Gasteiger partial charge in [0, 0.05) is 0 Å². The molecule has 2 nitrogen and oxygen atoms in total. The molecule has 0 N–H and O–H groups in total. The van der Waals surface area contributed by atoms with Crippen molar-refractivity contribution in [2.24, 2.45) is 4.99 Å². The Morgan fingerprint density at radius 1 is 1.78 bits per heavy atom. The van der Waals surface area contributed by atoms with Gasteiger partial charge in [0.25, 0.3) is 0 Å². The van der Waals surface area contributed by atoms with Crippen molar-refractivity contribution in [3.05, 3.63) is 24.2 Å². The first-order chi connectivity index (χ1) is 4.22. The number of hydrogen-bond donors (Lipinski definition) is 0. The van der Waals surface area contributed by atoms with E-state index in [0.29, 0.717) is 0 Å². The van der Waals surface area contributed by atoms with Gasteiger partial charge in [-0.15, -0.1) is 0 Å². The predicted molar refractivity (Wildman–Crippen MR) is 33.5 cm³/mol. The van der Waals surface area contributed by atoms with Gasteiger partial charge in [-0.25, -0.2) is 4.39 Å². The molecular weight excluding hydrogens is 119 g/mol. The van der Waals surface area contributed by atoms with Gasteiger partial charge < -0.3 is 0 Å². The Morgan fingerprint density at radius 3 is 2.67 bits per heavy atom. The maximum atomic E-state index is 12.2. The standard InChI is InChI=1S/C6H5FN2/c1-5(3-8)6(7)4-9-2/h4H,1-2H2/b6-4+. The summed E-state index contributed by atoms with van der Waals surface area (Å²) in [7, 11) is 0. The second-order valence-corrected chi connectivity index (χ2v) is 1.25. The molecule has 9 heavy (non-hydrogen) atoms. The van der Waals surface area contributed by atoms with Gasteiger partial charge >= 0.3 is 0 Å². The van der Waals surface area contributed by atoms with Crippen LogP contribution in [0.1, 0.15) is 0 Å². The van der Waals surface area contributed by atoms with Gasteiger partial charge in [0.1, 0.15) is 6.07 Å². The van der Waals surface area contributed by atoms with Crippen LogP contribution in [0.15, 0.2) is 29.2 Å². The summed E-state index contributed by atoms with van der Waals surface area (Å²) in [6.45, 7) is 6.10. The largest absolute Gasteiger partial charge is 0.269 e. The number of nitrogens with zero attached hydrogens (tertiary/aromatic N) is 2. The predicted octanol–water partition coefficient (Wildman–Crippen LogP) is 1.58. The lowest BCUT2D eigenvalue weighted by atomic mass is 10.3. The zero-order valence-electron chi connectivity index (χ0n) is 4.76. The summed E-state index contributed by atoms with van der Waals surface area (Å²) in [6, 6.07) is 1.52. The Kier molecular flexibility index (Phi) is 2.99. The second kappa shape index (κ2) is 3.56. The quantitative estimate of drug-likeness (QED) is 0.312. The highest BCUT2D eigenvalue weighted by molar-refractivity contribution is 5.36. The van der Waals surface area contributed by atoms with Crippen LogP contribution in [-0.2, 0) is 0 Å². The third-order valence-electron chi connectivity index (χ3n) is 0.628. The van der Waals surface area contributed by atoms with Crippen molar-refractivity contribution in [3.8, 4) is 6.07 Å². The molecule has 0 fully saturated rings. The maximum absolute atomic E-state index is 12.2. The summed E-state index contributed by atoms with van der Waals surface area (Å²) >= 11 is 0. The maximum Gasteiger partial charge on any atom is 0.158 e. The molecule has 0 saturated heterocycles. The SMILES string of the molecule is C=N/C=C(/F)C(=C)C#N. The Hall–Kier alpha value is -1.43. The summed E-state index contributed by atoms with van der Waals surface area (Å²) in [4.78, 5) is 3.11. The molecule has 0 aromatic heterocycles. The van der Waals surface area contributed by atoms with E-state index in [-0.39, 0.29) is 5.57 Å². The Balaban J connectivity index is 4.24. The van der Waals surface area contributed by atoms with E-state index in [1.807, 2.05) is 0 Å². The summed E-state index contributed by atoms with van der Waals surface area (Å²) in [5, 5.41) is 8.04.